The average molecular weight is 194 g/mol. The molecular weight excluding hydrogens is 180 g/mol. The molecule has 1 aromatic carbocycles. The van der Waals surface area contributed by atoms with Crippen LogP contribution < -0.4 is 4.74 Å². The number of hydrogen-bond donors (Lipinski definition) is 1. The number of aliphatic hydroxyl groups is 1. The molecule has 76 valence electrons. The Morgan fingerprint density at radius 2 is 2.07 bits per heavy atom. The number of carbonyl (C=O) groups excluding carboxylic acids is 1. The molecule has 1 rings (SSSR count). The molecule has 0 aromatic heterocycles. The van der Waals surface area contributed by atoms with Crippen molar-refractivity contribution in [3.63, 3.8) is 0 Å². The van der Waals surface area contributed by atoms with Gasteiger partial charge < -0.3 is 9.84 Å². The van der Waals surface area contributed by atoms with Crippen LogP contribution in [0, 0.1) is 0 Å². The number of carbonyl (C=O) groups is 1. The molecular formula is C11H14O3. The maximum absolute atomic E-state index is 11.3. The number of rotatable bonds is 4. The molecule has 0 radical (unpaired) electrons. The number of Topliss-reactive ketones (excluding diaryl/α,β-unsaturated/α-hetero) is 1. The van der Waals surface area contributed by atoms with Crippen LogP contribution in [0.2, 0.25) is 0 Å². The van der Waals surface area contributed by atoms with Gasteiger partial charge in [0, 0.05) is 0 Å². The Hall–Kier alpha value is -1.35. The van der Waals surface area contributed by atoms with E-state index in [1.54, 1.807) is 24.3 Å². The average Bonchev–Trinajstić information content (AvgIpc) is 2.16. The van der Waals surface area contributed by atoms with E-state index in [4.69, 9.17) is 9.84 Å². The molecule has 3 heteroatoms. The van der Waals surface area contributed by atoms with Crippen LogP contribution in [0.25, 0.3) is 0 Å². The van der Waals surface area contributed by atoms with E-state index in [0.29, 0.717) is 11.3 Å². The smallest absolute Gasteiger partial charge is 0.191 e. The highest BCUT2D eigenvalue weighted by molar-refractivity contribution is 5.99. The monoisotopic (exact) mass is 194 g/mol. The lowest BCUT2D eigenvalue weighted by atomic mass is 10.1. The number of benzene rings is 1. The quantitative estimate of drug-likeness (QED) is 0.741. The number of aliphatic hydroxyl groups excluding tert-OH is 1. The molecule has 0 aliphatic carbocycles. The van der Waals surface area contributed by atoms with E-state index in [1.807, 2.05) is 13.8 Å². The minimum absolute atomic E-state index is 0.0163. The van der Waals surface area contributed by atoms with Crippen LogP contribution in [-0.2, 0) is 0 Å². The minimum Gasteiger partial charge on any atom is -0.490 e. The Morgan fingerprint density at radius 3 is 2.64 bits per heavy atom. The molecule has 0 spiro atoms. The number of para-hydroxylation sites is 1. The van der Waals surface area contributed by atoms with Crippen LogP contribution in [-0.4, -0.2) is 23.6 Å². The summed E-state index contributed by atoms with van der Waals surface area (Å²) in [6, 6.07) is 6.92. The van der Waals surface area contributed by atoms with Gasteiger partial charge in [0.1, 0.15) is 12.4 Å². The van der Waals surface area contributed by atoms with E-state index in [0.717, 1.165) is 0 Å². The third-order valence-electron chi connectivity index (χ3n) is 1.69. The lowest BCUT2D eigenvalue weighted by molar-refractivity contribution is 0.0898. The second-order valence-corrected chi connectivity index (χ2v) is 3.24. The van der Waals surface area contributed by atoms with E-state index in [1.165, 1.54) is 0 Å². The molecule has 1 N–H and O–H groups in total. The first-order valence-electron chi connectivity index (χ1n) is 4.55. The van der Waals surface area contributed by atoms with Gasteiger partial charge in [0.05, 0.1) is 11.7 Å². The molecule has 0 saturated heterocycles. The normalized spacial score (nSPS) is 10.3. The second kappa shape index (κ2) is 4.77. The van der Waals surface area contributed by atoms with Crippen molar-refractivity contribution in [1.29, 1.82) is 0 Å². The van der Waals surface area contributed by atoms with E-state index in [9.17, 15) is 4.79 Å². The van der Waals surface area contributed by atoms with Crippen LogP contribution in [0.5, 0.6) is 5.75 Å². The van der Waals surface area contributed by atoms with E-state index < -0.39 is 6.61 Å². The lowest BCUT2D eigenvalue weighted by Gasteiger charge is -2.12. The van der Waals surface area contributed by atoms with Crippen molar-refractivity contribution in [2.45, 2.75) is 20.0 Å². The molecule has 0 unspecified atom stereocenters. The predicted molar refractivity (Wildman–Crippen MR) is 53.6 cm³/mol. The van der Waals surface area contributed by atoms with Gasteiger partial charge in [-0.1, -0.05) is 12.1 Å². The number of ether oxygens (including phenoxy) is 1. The molecule has 0 saturated carbocycles. The van der Waals surface area contributed by atoms with Crippen LogP contribution in [0.1, 0.15) is 24.2 Å². The molecule has 0 fully saturated rings. The van der Waals surface area contributed by atoms with Gasteiger partial charge in [-0.3, -0.25) is 4.79 Å². The Bertz CT molecular complexity index is 318. The van der Waals surface area contributed by atoms with Crippen molar-refractivity contribution in [3.8, 4) is 5.75 Å². The zero-order valence-electron chi connectivity index (χ0n) is 8.36. The minimum atomic E-state index is -0.488. The fourth-order valence-electron chi connectivity index (χ4n) is 1.14. The highest BCUT2D eigenvalue weighted by Crippen LogP contribution is 2.19. The van der Waals surface area contributed by atoms with Crippen molar-refractivity contribution < 1.29 is 14.6 Å². The van der Waals surface area contributed by atoms with Crippen LogP contribution in [0.4, 0.5) is 0 Å². The summed E-state index contributed by atoms with van der Waals surface area (Å²) in [5, 5.41) is 8.74. The van der Waals surface area contributed by atoms with E-state index in [-0.39, 0.29) is 11.9 Å². The molecule has 1 aromatic rings. The first kappa shape index (κ1) is 10.7. The third-order valence-corrected chi connectivity index (χ3v) is 1.69. The summed E-state index contributed by atoms with van der Waals surface area (Å²) in [4.78, 5) is 11.3. The van der Waals surface area contributed by atoms with Crippen molar-refractivity contribution in [1.82, 2.24) is 0 Å². The standard InChI is InChI=1S/C11H14O3/c1-8(2)14-11-6-4-3-5-9(11)10(13)7-12/h3-6,8,12H,7H2,1-2H3. The van der Waals surface area contributed by atoms with Crippen LogP contribution in [0.15, 0.2) is 24.3 Å². The molecule has 0 aliphatic heterocycles. The van der Waals surface area contributed by atoms with Gasteiger partial charge >= 0.3 is 0 Å². The highest BCUT2D eigenvalue weighted by Gasteiger charge is 2.11. The van der Waals surface area contributed by atoms with Gasteiger partial charge in [-0.25, -0.2) is 0 Å². The highest BCUT2D eigenvalue weighted by atomic mass is 16.5. The van der Waals surface area contributed by atoms with Crippen LogP contribution in [0.3, 0.4) is 0 Å². The third kappa shape index (κ3) is 2.57. The second-order valence-electron chi connectivity index (χ2n) is 3.24. The molecule has 14 heavy (non-hydrogen) atoms. The van der Waals surface area contributed by atoms with Gasteiger partial charge in [-0.15, -0.1) is 0 Å². The summed E-state index contributed by atoms with van der Waals surface area (Å²) >= 11 is 0. The maximum Gasteiger partial charge on any atom is 0.191 e. The summed E-state index contributed by atoms with van der Waals surface area (Å²) in [5.74, 6) is 0.211. The summed E-state index contributed by atoms with van der Waals surface area (Å²) in [6.07, 6.45) is 0.0163. The summed E-state index contributed by atoms with van der Waals surface area (Å²) < 4.78 is 5.44. The SMILES string of the molecule is CC(C)Oc1ccccc1C(=O)CO. The van der Waals surface area contributed by atoms with Gasteiger partial charge in [-0.2, -0.15) is 0 Å². The largest absolute Gasteiger partial charge is 0.490 e. The fraction of sp³-hybridized carbons (Fsp3) is 0.364. The lowest BCUT2D eigenvalue weighted by Crippen LogP contribution is -2.11. The Morgan fingerprint density at radius 1 is 1.43 bits per heavy atom. The Balaban J connectivity index is 2.97. The van der Waals surface area contributed by atoms with Gasteiger partial charge in [0.15, 0.2) is 5.78 Å². The predicted octanol–water partition coefficient (Wildman–Crippen LogP) is 1.65. The topological polar surface area (TPSA) is 46.5 Å². The van der Waals surface area contributed by atoms with E-state index >= 15 is 0 Å². The van der Waals surface area contributed by atoms with Crippen molar-refractivity contribution in [2.24, 2.45) is 0 Å². The molecule has 0 heterocycles. The van der Waals surface area contributed by atoms with E-state index in [2.05, 4.69) is 0 Å². The summed E-state index contributed by atoms with van der Waals surface area (Å²) in [7, 11) is 0. The summed E-state index contributed by atoms with van der Waals surface area (Å²) in [6.45, 7) is 3.29. The molecule has 0 amide bonds. The first-order valence-corrected chi connectivity index (χ1v) is 4.55. The molecule has 0 atom stereocenters. The Kier molecular flexibility index (Phi) is 3.65. The van der Waals surface area contributed by atoms with Crippen molar-refractivity contribution in [2.75, 3.05) is 6.61 Å². The van der Waals surface area contributed by atoms with Gasteiger partial charge in [-0.05, 0) is 26.0 Å². The zero-order valence-corrected chi connectivity index (χ0v) is 8.36. The van der Waals surface area contributed by atoms with Gasteiger partial charge in [0.25, 0.3) is 0 Å². The zero-order chi connectivity index (χ0) is 10.6. The van der Waals surface area contributed by atoms with Crippen molar-refractivity contribution >= 4 is 5.78 Å². The number of ketones is 1. The first-order chi connectivity index (χ1) is 6.65. The maximum atomic E-state index is 11.3. The fourth-order valence-corrected chi connectivity index (χ4v) is 1.14. The van der Waals surface area contributed by atoms with Crippen molar-refractivity contribution in [3.05, 3.63) is 29.8 Å². The summed E-state index contributed by atoms with van der Waals surface area (Å²) in [5.41, 5.74) is 0.434. The van der Waals surface area contributed by atoms with Gasteiger partial charge in [0.2, 0.25) is 0 Å². The molecule has 3 nitrogen and oxygen atoms in total. The Labute approximate surface area is 83.3 Å². The molecule has 0 bridgehead atoms. The van der Waals surface area contributed by atoms with Crippen LogP contribution >= 0.6 is 0 Å². The molecule has 0 aliphatic rings. The number of hydrogen-bond acceptors (Lipinski definition) is 3.